The van der Waals surface area contributed by atoms with Crippen LogP contribution >= 0.6 is 22.9 Å². The third kappa shape index (κ3) is 4.99. The van der Waals surface area contributed by atoms with Crippen molar-refractivity contribution in [3.63, 3.8) is 0 Å². The third-order valence-electron chi connectivity index (χ3n) is 4.37. The Morgan fingerprint density at radius 1 is 1.04 bits per heavy atom. The Bertz CT molecular complexity index is 753. The average Bonchev–Trinajstić information content (AvgIpc) is 3.00. The highest BCUT2D eigenvalue weighted by Gasteiger charge is 2.30. The maximum Gasteiger partial charge on any atom is 0.416 e. The molecule has 1 aliphatic rings. The second-order valence-corrected chi connectivity index (χ2v) is 8.03. The molecule has 26 heavy (non-hydrogen) atoms. The Labute approximate surface area is 159 Å². The van der Waals surface area contributed by atoms with Crippen LogP contribution in [0.15, 0.2) is 36.4 Å². The Hall–Kier alpha value is -1.57. The standard InChI is InChI=1S/C18H18ClF3N2OS/c19-16-6-5-15(26-16)12-23-7-9-24(10-8-23)17(25)11-13-1-3-14(4-2-13)18(20,21)22/h1-6H,7-12H2. The normalized spacial score (nSPS) is 16.1. The zero-order valence-electron chi connectivity index (χ0n) is 13.9. The summed E-state index contributed by atoms with van der Waals surface area (Å²) >= 11 is 7.50. The van der Waals surface area contributed by atoms with Gasteiger partial charge in [-0.25, -0.2) is 0 Å². The van der Waals surface area contributed by atoms with Crippen LogP contribution in [0.2, 0.25) is 4.34 Å². The molecule has 1 aromatic heterocycles. The van der Waals surface area contributed by atoms with E-state index in [-0.39, 0.29) is 12.3 Å². The van der Waals surface area contributed by atoms with Crippen molar-refractivity contribution in [2.45, 2.75) is 19.1 Å². The number of benzene rings is 1. The van der Waals surface area contributed by atoms with Gasteiger partial charge in [-0.15, -0.1) is 11.3 Å². The Balaban J connectivity index is 1.49. The van der Waals surface area contributed by atoms with Gasteiger partial charge < -0.3 is 4.90 Å². The fraction of sp³-hybridized carbons (Fsp3) is 0.389. The maximum absolute atomic E-state index is 12.6. The fourth-order valence-electron chi connectivity index (χ4n) is 2.91. The van der Waals surface area contributed by atoms with E-state index in [0.29, 0.717) is 18.7 Å². The molecule has 1 fully saturated rings. The van der Waals surface area contributed by atoms with E-state index in [9.17, 15) is 18.0 Å². The molecule has 2 aromatic rings. The van der Waals surface area contributed by atoms with Crippen molar-refractivity contribution in [3.05, 3.63) is 56.7 Å². The first-order chi connectivity index (χ1) is 12.3. The Morgan fingerprint density at radius 3 is 2.23 bits per heavy atom. The summed E-state index contributed by atoms with van der Waals surface area (Å²) in [6, 6.07) is 8.68. The van der Waals surface area contributed by atoms with Gasteiger partial charge in [-0.3, -0.25) is 9.69 Å². The number of piperazine rings is 1. The van der Waals surface area contributed by atoms with E-state index >= 15 is 0 Å². The Kier molecular flexibility index (Phi) is 5.89. The number of hydrogen-bond acceptors (Lipinski definition) is 3. The number of carbonyl (C=O) groups is 1. The SMILES string of the molecule is O=C(Cc1ccc(C(F)(F)F)cc1)N1CCN(Cc2ccc(Cl)s2)CC1. The lowest BCUT2D eigenvalue weighted by molar-refractivity contribution is -0.137. The van der Waals surface area contributed by atoms with E-state index in [4.69, 9.17) is 11.6 Å². The molecule has 1 aliphatic heterocycles. The average molecular weight is 403 g/mol. The first kappa shape index (κ1) is 19.2. The molecule has 0 aliphatic carbocycles. The molecule has 3 rings (SSSR count). The zero-order valence-corrected chi connectivity index (χ0v) is 15.5. The molecule has 1 amide bonds. The van der Waals surface area contributed by atoms with Gasteiger partial charge in [0.2, 0.25) is 5.91 Å². The summed E-state index contributed by atoms with van der Waals surface area (Å²) in [5.41, 5.74) is -0.102. The largest absolute Gasteiger partial charge is 0.416 e. The second-order valence-electron chi connectivity index (χ2n) is 6.23. The molecule has 2 heterocycles. The van der Waals surface area contributed by atoms with Crippen LogP contribution < -0.4 is 0 Å². The molecule has 1 saturated heterocycles. The summed E-state index contributed by atoms with van der Waals surface area (Å²) < 4.78 is 38.5. The summed E-state index contributed by atoms with van der Waals surface area (Å²) in [5, 5.41) is 0. The molecule has 0 radical (unpaired) electrons. The van der Waals surface area contributed by atoms with E-state index in [1.165, 1.54) is 17.0 Å². The monoisotopic (exact) mass is 402 g/mol. The number of carbonyl (C=O) groups excluding carboxylic acids is 1. The molecule has 1 aromatic carbocycles. The van der Waals surface area contributed by atoms with E-state index in [1.54, 1.807) is 16.2 Å². The maximum atomic E-state index is 12.6. The predicted octanol–water partition coefficient (Wildman–Crippen LogP) is 4.31. The molecular formula is C18H18ClF3N2OS. The fourth-order valence-corrected chi connectivity index (χ4v) is 4.04. The summed E-state index contributed by atoms with van der Waals surface area (Å²) in [6.45, 7) is 3.61. The topological polar surface area (TPSA) is 23.6 Å². The zero-order chi connectivity index (χ0) is 18.7. The first-order valence-corrected chi connectivity index (χ1v) is 9.41. The smallest absolute Gasteiger partial charge is 0.340 e. The van der Waals surface area contributed by atoms with Crippen LogP contribution in [0.1, 0.15) is 16.0 Å². The summed E-state index contributed by atoms with van der Waals surface area (Å²) in [5.74, 6) is -0.0522. The third-order valence-corrected chi connectivity index (χ3v) is 5.59. The molecular weight excluding hydrogens is 385 g/mol. The van der Waals surface area contributed by atoms with Crippen LogP contribution in [0, 0.1) is 0 Å². The van der Waals surface area contributed by atoms with Crippen LogP contribution in [0.25, 0.3) is 0 Å². The molecule has 3 nitrogen and oxygen atoms in total. The minimum atomic E-state index is -4.36. The number of nitrogens with zero attached hydrogens (tertiary/aromatic N) is 2. The van der Waals surface area contributed by atoms with E-state index in [1.807, 2.05) is 12.1 Å². The van der Waals surface area contributed by atoms with Crippen LogP contribution in [-0.2, 0) is 23.9 Å². The number of alkyl halides is 3. The summed E-state index contributed by atoms with van der Waals surface area (Å²) in [6.07, 6.45) is -4.23. The van der Waals surface area contributed by atoms with Gasteiger partial charge in [-0.2, -0.15) is 13.2 Å². The van der Waals surface area contributed by atoms with Gasteiger partial charge in [-0.1, -0.05) is 23.7 Å². The van der Waals surface area contributed by atoms with Crippen LogP contribution in [0.3, 0.4) is 0 Å². The lowest BCUT2D eigenvalue weighted by Gasteiger charge is -2.34. The second kappa shape index (κ2) is 7.98. The van der Waals surface area contributed by atoms with Crippen LogP contribution in [0.4, 0.5) is 13.2 Å². The van der Waals surface area contributed by atoms with E-state index < -0.39 is 11.7 Å². The molecule has 0 atom stereocenters. The van der Waals surface area contributed by atoms with Gasteiger partial charge in [0.15, 0.2) is 0 Å². The van der Waals surface area contributed by atoms with E-state index in [2.05, 4.69) is 4.90 Å². The van der Waals surface area contributed by atoms with Gasteiger partial charge in [0, 0.05) is 37.6 Å². The van der Waals surface area contributed by atoms with Gasteiger partial charge in [0.1, 0.15) is 0 Å². The van der Waals surface area contributed by atoms with Crippen molar-refractivity contribution in [2.75, 3.05) is 26.2 Å². The highest BCUT2D eigenvalue weighted by molar-refractivity contribution is 7.16. The Morgan fingerprint density at radius 2 is 1.69 bits per heavy atom. The highest BCUT2D eigenvalue weighted by Crippen LogP contribution is 2.29. The van der Waals surface area contributed by atoms with Crippen molar-refractivity contribution in [3.8, 4) is 0 Å². The number of amides is 1. The number of thiophene rings is 1. The van der Waals surface area contributed by atoms with Crippen molar-refractivity contribution in [1.29, 1.82) is 0 Å². The minimum absolute atomic E-state index is 0.0522. The summed E-state index contributed by atoms with van der Waals surface area (Å²) in [7, 11) is 0. The first-order valence-electron chi connectivity index (χ1n) is 8.22. The molecule has 8 heteroatoms. The predicted molar refractivity (Wildman–Crippen MR) is 96.3 cm³/mol. The lowest BCUT2D eigenvalue weighted by atomic mass is 10.1. The quantitative estimate of drug-likeness (QED) is 0.761. The van der Waals surface area contributed by atoms with Crippen molar-refractivity contribution in [2.24, 2.45) is 0 Å². The highest BCUT2D eigenvalue weighted by atomic mass is 35.5. The molecule has 0 N–H and O–H groups in total. The number of halogens is 4. The molecule has 0 bridgehead atoms. The molecule has 0 saturated carbocycles. The van der Waals surface area contributed by atoms with Crippen molar-refractivity contribution < 1.29 is 18.0 Å². The van der Waals surface area contributed by atoms with Gasteiger partial charge in [-0.05, 0) is 29.8 Å². The van der Waals surface area contributed by atoms with Crippen LogP contribution in [-0.4, -0.2) is 41.9 Å². The molecule has 0 spiro atoms. The van der Waals surface area contributed by atoms with Crippen LogP contribution in [0.5, 0.6) is 0 Å². The number of rotatable bonds is 4. The van der Waals surface area contributed by atoms with Gasteiger partial charge in [0.05, 0.1) is 16.3 Å². The lowest BCUT2D eigenvalue weighted by Crippen LogP contribution is -2.48. The summed E-state index contributed by atoms with van der Waals surface area (Å²) in [4.78, 5) is 17.6. The van der Waals surface area contributed by atoms with Gasteiger partial charge in [0.25, 0.3) is 0 Å². The molecule has 0 unspecified atom stereocenters. The minimum Gasteiger partial charge on any atom is -0.340 e. The number of hydrogen-bond donors (Lipinski definition) is 0. The van der Waals surface area contributed by atoms with Crippen molar-refractivity contribution in [1.82, 2.24) is 9.80 Å². The molecule has 140 valence electrons. The van der Waals surface area contributed by atoms with Crippen molar-refractivity contribution >= 4 is 28.8 Å². The van der Waals surface area contributed by atoms with Gasteiger partial charge >= 0.3 is 6.18 Å². The van der Waals surface area contributed by atoms with E-state index in [0.717, 1.165) is 36.1 Å².